The number of amides is 1. The van der Waals surface area contributed by atoms with Crippen molar-refractivity contribution in [3.8, 4) is 5.75 Å². The third-order valence-electron chi connectivity index (χ3n) is 2.31. The number of hydrogen-bond donors (Lipinski definition) is 1. The number of ether oxygens (including phenoxy) is 1. The van der Waals surface area contributed by atoms with Gasteiger partial charge in [-0.15, -0.1) is 0 Å². The molecule has 0 unspecified atom stereocenters. The summed E-state index contributed by atoms with van der Waals surface area (Å²) in [5.41, 5.74) is 5.61. The number of nitrogens with two attached hydrogens (primary N) is 1. The van der Waals surface area contributed by atoms with Crippen molar-refractivity contribution >= 4 is 27.6 Å². The van der Waals surface area contributed by atoms with Crippen LogP contribution in [0.1, 0.15) is 10.4 Å². The van der Waals surface area contributed by atoms with Crippen LogP contribution in [0.3, 0.4) is 0 Å². The van der Waals surface area contributed by atoms with Crippen LogP contribution in [0.15, 0.2) is 22.7 Å². The molecule has 5 nitrogen and oxygen atoms in total. The highest BCUT2D eigenvalue weighted by atomic mass is 79.9. The Balaban J connectivity index is 2.72. The van der Waals surface area contributed by atoms with Crippen LogP contribution in [0.5, 0.6) is 5.75 Å². The molecule has 0 spiro atoms. The number of ketones is 1. The highest BCUT2D eigenvalue weighted by Gasteiger charge is 2.12. The van der Waals surface area contributed by atoms with Crippen LogP contribution in [-0.4, -0.2) is 43.8 Å². The van der Waals surface area contributed by atoms with Crippen LogP contribution in [0.2, 0.25) is 0 Å². The summed E-state index contributed by atoms with van der Waals surface area (Å²) in [5.74, 6) is 0.125. The van der Waals surface area contributed by atoms with Gasteiger partial charge in [-0.3, -0.25) is 14.5 Å². The molecule has 98 valence electrons. The molecule has 0 radical (unpaired) electrons. The van der Waals surface area contributed by atoms with E-state index in [9.17, 15) is 9.59 Å². The van der Waals surface area contributed by atoms with E-state index in [1.54, 1.807) is 37.3 Å². The minimum absolute atomic E-state index is 0.0586. The van der Waals surface area contributed by atoms with Gasteiger partial charge in [0.1, 0.15) is 5.75 Å². The molecular formula is C12H15BrN2O3. The van der Waals surface area contributed by atoms with Crippen molar-refractivity contribution in [2.45, 2.75) is 0 Å². The Morgan fingerprint density at radius 2 is 2.06 bits per heavy atom. The Kier molecular flexibility index (Phi) is 5.30. The van der Waals surface area contributed by atoms with Gasteiger partial charge < -0.3 is 10.5 Å². The van der Waals surface area contributed by atoms with E-state index < -0.39 is 5.91 Å². The Morgan fingerprint density at radius 1 is 1.39 bits per heavy atom. The Bertz CT molecular complexity index is 463. The first-order valence-electron chi connectivity index (χ1n) is 5.27. The minimum Gasteiger partial charge on any atom is -0.496 e. The maximum atomic E-state index is 11.9. The summed E-state index contributed by atoms with van der Waals surface area (Å²) in [5, 5.41) is 0. The number of Topliss-reactive ketones (excluding diaryl/α,β-unsaturated/α-hetero) is 1. The number of carbonyl (C=O) groups excluding carboxylic acids is 2. The zero-order valence-electron chi connectivity index (χ0n) is 10.3. The van der Waals surface area contributed by atoms with E-state index >= 15 is 0 Å². The number of halogens is 1. The van der Waals surface area contributed by atoms with Crippen molar-refractivity contribution in [2.75, 3.05) is 27.2 Å². The molecule has 2 N–H and O–H groups in total. The summed E-state index contributed by atoms with van der Waals surface area (Å²) < 4.78 is 5.80. The molecule has 0 aromatic heterocycles. The van der Waals surface area contributed by atoms with Crippen molar-refractivity contribution in [1.82, 2.24) is 4.90 Å². The van der Waals surface area contributed by atoms with Crippen LogP contribution < -0.4 is 10.5 Å². The molecule has 0 saturated carbocycles. The summed E-state index contributed by atoms with van der Waals surface area (Å²) in [4.78, 5) is 24.2. The predicted octanol–water partition coefficient (Wildman–Crippen LogP) is 1.06. The molecule has 1 aromatic rings. The Morgan fingerprint density at radius 3 is 2.56 bits per heavy atom. The van der Waals surface area contributed by atoms with Crippen molar-refractivity contribution < 1.29 is 14.3 Å². The van der Waals surface area contributed by atoms with E-state index in [-0.39, 0.29) is 18.9 Å². The molecule has 0 atom stereocenters. The fourth-order valence-electron chi connectivity index (χ4n) is 1.50. The van der Waals surface area contributed by atoms with Crippen LogP contribution in [0, 0.1) is 0 Å². The molecule has 0 aliphatic rings. The number of primary amides is 1. The lowest BCUT2D eigenvalue weighted by atomic mass is 10.1. The molecule has 6 heteroatoms. The fourth-order valence-corrected chi connectivity index (χ4v) is 2.04. The van der Waals surface area contributed by atoms with Gasteiger partial charge >= 0.3 is 0 Å². The van der Waals surface area contributed by atoms with Crippen LogP contribution in [0.25, 0.3) is 0 Å². The second-order valence-corrected chi connectivity index (χ2v) is 4.77. The van der Waals surface area contributed by atoms with E-state index in [0.29, 0.717) is 15.8 Å². The summed E-state index contributed by atoms with van der Waals surface area (Å²) >= 11 is 3.32. The fraction of sp³-hybridized carbons (Fsp3) is 0.333. The average Bonchev–Trinajstić information content (AvgIpc) is 2.27. The van der Waals surface area contributed by atoms with Crippen LogP contribution in [0.4, 0.5) is 0 Å². The molecule has 1 rings (SSSR count). The maximum Gasteiger partial charge on any atom is 0.231 e. The van der Waals surface area contributed by atoms with Gasteiger partial charge in [-0.05, 0) is 41.2 Å². The first kappa shape index (κ1) is 14.7. The van der Waals surface area contributed by atoms with Crippen molar-refractivity contribution in [2.24, 2.45) is 5.73 Å². The summed E-state index contributed by atoms with van der Waals surface area (Å²) in [7, 11) is 3.23. The number of methoxy groups -OCH3 is 1. The van der Waals surface area contributed by atoms with E-state index in [0.717, 1.165) is 0 Å². The number of likely N-dealkylation sites (N-methyl/N-ethyl adjacent to an activating group) is 1. The molecule has 0 aliphatic carbocycles. The average molecular weight is 315 g/mol. The van der Waals surface area contributed by atoms with Gasteiger partial charge in [-0.1, -0.05) is 0 Å². The lowest BCUT2D eigenvalue weighted by molar-refractivity contribution is -0.118. The zero-order valence-corrected chi connectivity index (χ0v) is 11.9. The third kappa shape index (κ3) is 4.12. The standard InChI is InChI=1S/C12H15BrN2O3/c1-15(7-12(14)17)6-10(16)8-3-4-11(18-2)9(13)5-8/h3-5H,6-7H2,1-2H3,(H2,14,17). The Labute approximate surface area is 114 Å². The molecule has 1 amide bonds. The molecule has 0 heterocycles. The smallest absolute Gasteiger partial charge is 0.231 e. The highest BCUT2D eigenvalue weighted by Crippen LogP contribution is 2.25. The monoisotopic (exact) mass is 314 g/mol. The molecule has 0 aliphatic heterocycles. The van der Waals surface area contributed by atoms with Crippen molar-refractivity contribution in [1.29, 1.82) is 0 Å². The largest absolute Gasteiger partial charge is 0.496 e. The first-order valence-corrected chi connectivity index (χ1v) is 6.07. The number of carbonyl (C=O) groups is 2. The topological polar surface area (TPSA) is 72.6 Å². The molecule has 0 bridgehead atoms. The van der Waals surface area contributed by atoms with Gasteiger partial charge in [0.15, 0.2) is 5.78 Å². The van der Waals surface area contributed by atoms with Crippen molar-refractivity contribution in [3.05, 3.63) is 28.2 Å². The molecule has 18 heavy (non-hydrogen) atoms. The van der Waals surface area contributed by atoms with Crippen LogP contribution in [-0.2, 0) is 4.79 Å². The first-order chi connectivity index (χ1) is 8.43. The van der Waals surface area contributed by atoms with Gasteiger partial charge in [0, 0.05) is 5.56 Å². The lowest BCUT2D eigenvalue weighted by Gasteiger charge is -2.13. The molecule has 0 fully saturated rings. The van der Waals surface area contributed by atoms with Gasteiger partial charge in [0.2, 0.25) is 5.91 Å². The predicted molar refractivity (Wildman–Crippen MR) is 71.7 cm³/mol. The normalized spacial score (nSPS) is 10.4. The molecular weight excluding hydrogens is 300 g/mol. The van der Waals surface area contributed by atoms with E-state index in [1.165, 1.54) is 0 Å². The van der Waals surface area contributed by atoms with E-state index in [4.69, 9.17) is 10.5 Å². The molecule has 1 aromatic carbocycles. The SMILES string of the molecule is COc1ccc(C(=O)CN(C)CC(N)=O)cc1Br. The van der Waals surface area contributed by atoms with Gasteiger partial charge in [-0.25, -0.2) is 0 Å². The summed E-state index contributed by atoms with van der Waals surface area (Å²) in [6.07, 6.45) is 0. The second-order valence-electron chi connectivity index (χ2n) is 3.91. The van der Waals surface area contributed by atoms with Gasteiger partial charge in [-0.2, -0.15) is 0 Å². The quantitative estimate of drug-likeness (QED) is 0.797. The number of rotatable bonds is 6. The van der Waals surface area contributed by atoms with E-state index in [1.807, 2.05) is 0 Å². The zero-order chi connectivity index (χ0) is 13.7. The molecule has 0 saturated heterocycles. The second kappa shape index (κ2) is 6.51. The van der Waals surface area contributed by atoms with Crippen LogP contribution >= 0.6 is 15.9 Å². The number of nitrogens with zero attached hydrogens (tertiary/aromatic N) is 1. The summed E-state index contributed by atoms with van der Waals surface area (Å²) in [6.45, 7) is 0.199. The number of benzene rings is 1. The highest BCUT2D eigenvalue weighted by molar-refractivity contribution is 9.10. The maximum absolute atomic E-state index is 11.9. The minimum atomic E-state index is -0.457. The third-order valence-corrected chi connectivity index (χ3v) is 2.93. The summed E-state index contributed by atoms with van der Waals surface area (Å²) in [6, 6.07) is 5.09. The van der Waals surface area contributed by atoms with Gasteiger partial charge in [0.05, 0.1) is 24.7 Å². The number of hydrogen-bond acceptors (Lipinski definition) is 4. The van der Waals surface area contributed by atoms with Gasteiger partial charge in [0.25, 0.3) is 0 Å². The Hall–Kier alpha value is -1.40. The van der Waals surface area contributed by atoms with E-state index in [2.05, 4.69) is 15.9 Å². The lowest BCUT2D eigenvalue weighted by Crippen LogP contribution is -2.34. The van der Waals surface area contributed by atoms with Crippen molar-refractivity contribution in [3.63, 3.8) is 0 Å².